The summed E-state index contributed by atoms with van der Waals surface area (Å²) in [5.41, 5.74) is 1.18. The molecule has 90 valence electrons. The predicted octanol–water partition coefficient (Wildman–Crippen LogP) is 1.57. The summed E-state index contributed by atoms with van der Waals surface area (Å²) in [5.74, 6) is 0. The monoisotopic (exact) mass is 227 g/mol. The van der Waals surface area contributed by atoms with Crippen LogP contribution < -0.4 is 0 Å². The average molecular weight is 227 g/mol. The molecule has 1 rings (SSSR count). The molecule has 0 unspecified atom stereocenters. The van der Waals surface area contributed by atoms with E-state index in [1.54, 1.807) is 18.5 Å². The Bertz CT molecular complexity index is 374. The molecule has 16 heavy (non-hydrogen) atoms. The van der Waals surface area contributed by atoms with Crippen molar-refractivity contribution < 1.29 is 10.0 Å². The fourth-order valence-corrected chi connectivity index (χ4v) is 1.72. The van der Waals surface area contributed by atoms with Crippen LogP contribution in [0.3, 0.4) is 0 Å². The number of aliphatic hydroxyl groups excluding tert-OH is 1. The van der Waals surface area contributed by atoms with Crippen LogP contribution in [-0.2, 0) is 6.54 Å². The summed E-state index contributed by atoms with van der Waals surface area (Å²) in [6.07, 6.45) is 2.55. The van der Waals surface area contributed by atoms with E-state index in [1.807, 2.05) is 0 Å². The molecular formula is C10H17N3O3. The first-order valence-corrected chi connectivity index (χ1v) is 5.37. The van der Waals surface area contributed by atoms with Crippen LogP contribution in [0.4, 0.5) is 5.69 Å². The lowest BCUT2D eigenvalue weighted by molar-refractivity contribution is -0.386. The number of aryl methyl sites for hydroxylation is 2. The zero-order chi connectivity index (χ0) is 12.1. The van der Waals surface area contributed by atoms with Crippen molar-refractivity contribution in [3.8, 4) is 0 Å². The van der Waals surface area contributed by atoms with Crippen LogP contribution >= 0.6 is 0 Å². The van der Waals surface area contributed by atoms with E-state index < -0.39 is 0 Å². The second kappa shape index (κ2) is 5.60. The molecule has 0 fully saturated rings. The minimum Gasteiger partial charge on any atom is -0.396 e. The number of aliphatic hydroxyl groups is 1. The molecule has 0 saturated carbocycles. The Morgan fingerprint density at radius 1 is 1.38 bits per heavy atom. The van der Waals surface area contributed by atoms with Crippen molar-refractivity contribution in [1.82, 2.24) is 9.78 Å². The molecule has 0 amide bonds. The average Bonchev–Trinajstić information content (AvgIpc) is 2.49. The maximum absolute atomic E-state index is 10.8. The molecule has 0 radical (unpaired) electrons. The van der Waals surface area contributed by atoms with Crippen LogP contribution in [0, 0.1) is 24.0 Å². The van der Waals surface area contributed by atoms with Gasteiger partial charge in [-0.15, -0.1) is 0 Å². The molecule has 0 bridgehead atoms. The van der Waals surface area contributed by atoms with Crippen LogP contribution in [-0.4, -0.2) is 26.4 Å². The summed E-state index contributed by atoms with van der Waals surface area (Å²) < 4.78 is 1.67. The molecular weight excluding hydrogens is 210 g/mol. The molecule has 1 N–H and O–H groups in total. The van der Waals surface area contributed by atoms with Gasteiger partial charge in [0, 0.05) is 13.2 Å². The Morgan fingerprint density at radius 3 is 2.56 bits per heavy atom. The van der Waals surface area contributed by atoms with E-state index in [0.29, 0.717) is 17.9 Å². The summed E-state index contributed by atoms with van der Waals surface area (Å²) in [6, 6.07) is 0. The topological polar surface area (TPSA) is 81.2 Å². The van der Waals surface area contributed by atoms with Gasteiger partial charge in [-0.05, 0) is 33.1 Å². The molecule has 0 spiro atoms. The lowest BCUT2D eigenvalue weighted by Crippen LogP contribution is -2.03. The van der Waals surface area contributed by atoms with Crippen LogP contribution in [0.5, 0.6) is 0 Å². The first-order valence-electron chi connectivity index (χ1n) is 5.37. The first kappa shape index (κ1) is 12.6. The molecule has 0 aromatic carbocycles. The van der Waals surface area contributed by atoms with Gasteiger partial charge in [-0.2, -0.15) is 5.10 Å². The number of nitrogens with zero attached hydrogens (tertiary/aromatic N) is 3. The number of nitro groups is 1. The van der Waals surface area contributed by atoms with Gasteiger partial charge in [0.25, 0.3) is 0 Å². The van der Waals surface area contributed by atoms with E-state index in [2.05, 4.69) is 5.10 Å². The molecule has 0 saturated heterocycles. The lowest BCUT2D eigenvalue weighted by Gasteiger charge is -2.02. The van der Waals surface area contributed by atoms with E-state index in [0.717, 1.165) is 19.3 Å². The molecule has 6 nitrogen and oxygen atoms in total. The van der Waals surface area contributed by atoms with Crippen LogP contribution in [0.15, 0.2) is 0 Å². The van der Waals surface area contributed by atoms with Gasteiger partial charge in [0.05, 0.1) is 4.92 Å². The Balaban J connectivity index is 2.67. The number of hydrogen-bond donors (Lipinski definition) is 1. The van der Waals surface area contributed by atoms with E-state index in [9.17, 15) is 10.1 Å². The van der Waals surface area contributed by atoms with Crippen molar-refractivity contribution in [3.63, 3.8) is 0 Å². The van der Waals surface area contributed by atoms with Gasteiger partial charge in [-0.3, -0.25) is 14.8 Å². The standard InChI is InChI=1S/C10H17N3O3/c1-8-10(13(15)16)9(2)12(11-8)6-4-3-5-7-14/h14H,3-7H2,1-2H3. The Hall–Kier alpha value is -1.43. The van der Waals surface area contributed by atoms with Crippen LogP contribution in [0.1, 0.15) is 30.7 Å². The van der Waals surface area contributed by atoms with E-state index >= 15 is 0 Å². The zero-order valence-electron chi connectivity index (χ0n) is 9.64. The SMILES string of the molecule is Cc1nn(CCCCCO)c(C)c1[N+](=O)[O-]. The maximum Gasteiger partial charge on any atom is 0.312 e. The molecule has 1 aromatic rings. The van der Waals surface area contributed by atoms with Crippen molar-refractivity contribution in [1.29, 1.82) is 0 Å². The van der Waals surface area contributed by atoms with Crippen LogP contribution in [0.25, 0.3) is 0 Å². The smallest absolute Gasteiger partial charge is 0.312 e. The van der Waals surface area contributed by atoms with Crippen molar-refractivity contribution in [2.24, 2.45) is 0 Å². The van der Waals surface area contributed by atoms with Gasteiger partial charge in [0.15, 0.2) is 0 Å². The van der Waals surface area contributed by atoms with Crippen molar-refractivity contribution in [2.75, 3.05) is 6.61 Å². The number of unbranched alkanes of at least 4 members (excludes halogenated alkanes) is 2. The fraction of sp³-hybridized carbons (Fsp3) is 0.700. The Morgan fingerprint density at radius 2 is 2.06 bits per heavy atom. The summed E-state index contributed by atoms with van der Waals surface area (Å²) in [4.78, 5) is 10.4. The maximum atomic E-state index is 10.8. The van der Waals surface area contributed by atoms with Crippen molar-refractivity contribution in [2.45, 2.75) is 39.7 Å². The van der Waals surface area contributed by atoms with Crippen molar-refractivity contribution in [3.05, 3.63) is 21.5 Å². The molecule has 0 aliphatic heterocycles. The molecule has 1 heterocycles. The van der Waals surface area contributed by atoms with Gasteiger partial charge in [0.1, 0.15) is 11.4 Å². The third-order valence-corrected chi connectivity index (χ3v) is 2.55. The summed E-state index contributed by atoms with van der Waals surface area (Å²) in [6.45, 7) is 4.22. The highest BCUT2D eigenvalue weighted by Gasteiger charge is 2.21. The first-order chi connectivity index (χ1) is 7.57. The largest absolute Gasteiger partial charge is 0.396 e. The Kier molecular flexibility index (Phi) is 4.42. The number of hydrogen-bond acceptors (Lipinski definition) is 4. The minimum atomic E-state index is -0.387. The second-order valence-electron chi connectivity index (χ2n) is 3.78. The van der Waals surface area contributed by atoms with Crippen molar-refractivity contribution >= 4 is 5.69 Å². The van der Waals surface area contributed by atoms with Gasteiger partial charge < -0.3 is 5.11 Å². The third-order valence-electron chi connectivity index (χ3n) is 2.55. The summed E-state index contributed by atoms with van der Waals surface area (Å²) in [5, 5.41) is 23.5. The number of rotatable bonds is 6. The van der Waals surface area contributed by atoms with Gasteiger partial charge in [-0.25, -0.2) is 0 Å². The van der Waals surface area contributed by atoms with E-state index in [4.69, 9.17) is 5.11 Å². The highest BCUT2D eigenvalue weighted by atomic mass is 16.6. The second-order valence-corrected chi connectivity index (χ2v) is 3.78. The normalized spacial score (nSPS) is 10.7. The fourth-order valence-electron chi connectivity index (χ4n) is 1.72. The predicted molar refractivity (Wildman–Crippen MR) is 59.3 cm³/mol. The lowest BCUT2D eigenvalue weighted by atomic mass is 10.2. The van der Waals surface area contributed by atoms with Crippen LogP contribution in [0.2, 0.25) is 0 Å². The zero-order valence-corrected chi connectivity index (χ0v) is 9.64. The third kappa shape index (κ3) is 2.79. The highest BCUT2D eigenvalue weighted by Crippen LogP contribution is 2.21. The van der Waals surface area contributed by atoms with E-state index in [-0.39, 0.29) is 17.2 Å². The minimum absolute atomic E-state index is 0.113. The number of aromatic nitrogens is 2. The molecule has 0 atom stereocenters. The van der Waals surface area contributed by atoms with E-state index in [1.165, 1.54) is 0 Å². The molecule has 0 aliphatic carbocycles. The van der Waals surface area contributed by atoms with Gasteiger partial charge in [0.2, 0.25) is 0 Å². The summed E-state index contributed by atoms with van der Waals surface area (Å²) >= 11 is 0. The van der Waals surface area contributed by atoms with Gasteiger partial charge >= 0.3 is 5.69 Å². The molecule has 1 aromatic heterocycles. The van der Waals surface area contributed by atoms with Gasteiger partial charge in [-0.1, -0.05) is 0 Å². The quantitative estimate of drug-likeness (QED) is 0.454. The molecule has 6 heteroatoms. The summed E-state index contributed by atoms with van der Waals surface area (Å²) in [7, 11) is 0. The Labute approximate surface area is 94.0 Å². The highest BCUT2D eigenvalue weighted by molar-refractivity contribution is 5.39. The molecule has 0 aliphatic rings.